The number of methoxy groups -OCH3 is 8. The van der Waals surface area contributed by atoms with E-state index in [4.69, 9.17) is 37.9 Å². The fourth-order valence-electron chi connectivity index (χ4n) is 7.17. The Morgan fingerprint density at radius 2 is 0.375 bits per heavy atom. The molecule has 0 atom stereocenters. The standard InChI is InChI=1S/C40H48O8/c1-21-25-13-27(35(43-7)17-33(25)41-5)22(2)29-15-31(39(47-11)19-37(29)45-9)24(4)32-16-30(38(46-10)20-40(32)48-12)23(3)28-14-26(21)34(42-6)18-36(28)44-8/h13-24H,1-12H3/t21-,22+,23-,24+. The Hall–Kier alpha value is -4.72. The molecular formula is C40H48O8. The number of rotatable bonds is 8. The van der Waals surface area contributed by atoms with Crippen LogP contribution >= 0.6 is 0 Å². The molecule has 4 aromatic carbocycles. The molecule has 8 bridgehead atoms. The number of benzene rings is 4. The molecule has 0 saturated carbocycles. The van der Waals surface area contributed by atoms with Crippen molar-refractivity contribution >= 4 is 0 Å². The minimum Gasteiger partial charge on any atom is -0.496 e. The highest BCUT2D eigenvalue weighted by Gasteiger charge is 2.30. The van der Waals surface area contributed by atoms with Crippen LogP contribution in [0, 0.1) is 0 Å². The van der Waals surface area contributed by atoms with E-state index < -0.39 is 0 Å². The van der Waals surface area contributed by atoms with Gasteiger partial charge in [0, 0.05) is 92.4 Å². The molecule has 0 N–H and O–H groups in total. The van der Waals surface area contributed by atoms with Gasteiger partial charge in [-0.05, 0) is 24.3 Å². The van der Waals surface area contributed by atoms with E-state index in [0.717, 1.165) is 90.5 Å². The Balaban J connectivity index is 1.95. The van der Waals surface area contributed by atoms with Gasteiger partial charge in [0.2, 0.25) is 0 Å². The van der Waals surface area contributed by atoms with E-state index in [1.807, 2.05) is 24.3 Å². The van der Waals surface area contributed by atoms with Crippen molar-refractivity contribution in [3.63, 3.8) is 0 Å². The molecule has 5 rings (SSSR count). The fraction of sp³-hybridized carbons (Fsp3) is 0.400. The second-order valence-electron chi connectivity index (χ2n) is 12.2. The van der Waals surface area contributed by atoms with E-state index in [2.05, 4.69) is 52.0 Å². The van der Waals surface area contributed by atoms with Gasteiger partial charge >= 0.3 is 0 Å². The summed E-state index contributed by atoms with van der Waals surface area (Å²) in [5.41, 5.74) is 8.00. The molecule has 0 aromatic heterocycles. The molecule has 8 nitrogen and oxygen atoms in total. The lowest BCUT2D eigenvalue weighted by Gasteiger charge is -2.28. The summed E-state index contributed by atoms with van der Waals surface area (Å²) in [6, 6.07) is 16.6. The van der Waals surface area contributed by atoms with Crippen LogP contribution in [0.25, 0.3) is 0 Å². The van der Waals surface area contributed by atoms with E-state index in [-0.39, 0.29) is 23.7 Å². The van der Waals surface area contributed by atoms with Gasteiger partial charge in [-0.1, -0.05) is 27.7 Å². The van der Waals surface area contributed by atoms with Crippen molar-refractivity contribution in [2.24, 2.45) is 0 Å². The zero-order chi connectivity index (χ0) is 34.9. The minimum absolute atomic E-state index is 0.127. The smallest absolute Gasteiger partial charge is 0.126 e. The van der Waals surface area contributed by atoms with Crippen LogP contribution in [0.2, 0.25) is 0 Å². The molecule has 48 heavy (non-hydrogen) atoms. The third-order valence-electron chi connectivity index (χ3n) is 10.1. The second-order valence-corrected chi connectivity index (χ2v) is 12.2. The van der Waals surface area contributed by atoms with Crippen LogP contribution in [0.3, 0.4) is 0 Å². The predicted octanol–water partition coefficient (Wildman–Crippen LogP) is 8.68. The maximum atomic E-state index is 5.99. The zero-order valence-corrected chi connectivity index (χ0v) is 30.2. The Labute approximate surface area is 284 Å². The molecule has 0 amide bonds. The third kappa shape index (κ3) is 5.82. The van der Waals surface area contributed by atoms with Gasteiger partial charge in [-0.2, -0.15) is 0 Å². The molecule has 1 aliphatic rings. The molecule has 0 aliphatic heterocycles. The second kappa shape index (κ2) is 14.2. The Morgan fingerprint density at radius 1 is 0.250 bits per heavy atom. The summed E-state index contributed by atoms with van der Waals surface area (Å²) < 4.78 is 47.9. The van der Waals surface area contributed by atoms with Crippen LogP contribution in [0.4, 0.5) is 0 Å². The molecular weight excluding hydrogens is 608 g/mol. The average Bonchev–Trinajstić information content (AvgIpc) is 3.13. The minimum atomic E-state index is -0.127. The van der Waals surface area contributed by atoms with E-state index in [1.165, 1.54) is 0 Å². The largest absolute Gasteiger partial charge is 0.496 e. The van der Waals surface area contributed by atoms with Crippen LogP contribution in [0.5, 0.6) is 46.0 Å². The monoisotopic (exact) mass is 656 g/mol. The molecule has 0 fully saturated rings. The van der Waals surface area contributed by atoms with E-state index >= 15 is 0 Å². The molecule has 0 heterocycles. The summed E-state index contributed by atoms with van der Waals surface area (Å²) in [4.78, 5) is 0. The van der Waals surface area contributed by atoms with Gasteiger partial charge < -0.3 is 37.9 Å². The van der Waals surface area contributed by atoms with Crippen molar-refractivity contribution in [1.29, 1.82) is 0 Å². The molecule has 0 unspecified atom stereocenters. The zero-order valence-electron chi connectivity index (χ0n) is 30.2. The Morgan fingerprint density at radius 3 is 0.479 bits per heavy atom. The molecule has 0 saturated heterocycles. The molecule has 4 aromatic rings. The molecule has 1 aliphatic carbocycles. The first-order chi connectivity index (χ1) is 23.1. The lowest BCUT2D eigenvalue weighted by atomic mass is 9.80. The van der Waals surface area contributed by atoms with Crippen molar-refractivity contribution in [2.75, 3.05) is 56.9 Å². The summed E-state index contributed by atoms with van der Waals surface area (Å²) in [7, 11) is 13.5. The average molecular weight is 657 g/mol. The quantitative estimate of drug-likeness (QED) is 0.187. The lowest BCUT2D eigenvalue weighted by Crippen LogP contribution is -2.11. The lowest BCUT2D eigenvalue weighted by molar-refractivity contribution is 0.377. The number of ether oxygens (including phenoxy) is 8. The van der Waals surface area contributed by atoms with Crippen molar-refractivity contribution < 1.29 is 37.9 Å². The first-order valence-corrected chi connectivity index (χ1v) is 16.1. The predicted molar refractivity (Wildman–Crippen MR) is 188 cm³/mol. The van der Waals surface area contributed by atoms with Crippen LogP contribution < -0.4 is 37.9 Å². The highest BCUT2D eigenvalue weighted by Crippen LogP contribution is 2.50. The summed E-state index contributed by atoms with van der Waals surface area (Å²) in [5.74, 6) is 5.28. The number of hydrogen-bond donors (Lipinski definition) is 0. The third-order valence-corrected chi connectivity index (χ3v) is 10.1. The van der Waals surface area contributed by atoms with Crippen molar-refractivity contribution in [2.45, 2.75) is 51.4 Å². The molecule has 256 valence electrons. The Bertz CT molecular complexity index is 1420. The van der Waals surface area contributed by atoms with Crippen LogP contribution in [0.15, 0.2) is 48.5 Å². The maximum Gasteiger partial charge on any atom is 0.126 e. The molecule has 0 radical (unpaired) electrons. The highest BCUT2D eigenvalue weighted by atomic mass is 16.5. The van der Waals surface area contributed by atoms with Crippen LogP contribution in [-0.4, -0.2) is 56.9 Å². The van der Waals surface area contributed by atoms with Gasteiger partial charge in [0.1, 0.15) is 46.0 Å². The van der Waals surface area contributed by atoms with Gasteiger partial charge in [-0.25, -0.2) is 0 Å². The fourth-order valence-corrected chi connectivity index (χ4v) is 7.17. The van der Waals surface area contributed by atoms with Crippen LogP contribution in [0.1, 0.15) is 95.9 Å². The number of fused-ring (bicyclic) bond motifs is 8. The molecule has 8 heteroatoms. The van der Waals surface area contributed by atoms with E-state index in [9.17, 15) is 0 Å². The highest BCUT2D eigenvalue weighted by molar-refractivity contribution is 5.62. The van der Waals surface area contributed by atoms with Gasteiger partial charge in [0.25, 0.3) is 0 Å². The summed E-state index contributed by atoms with van der Waals surface area (Å²) >= 11 is 0. The summed E-state index contributed by atoms with van der Waals surface area (Å²) in [6.45, 7) is 8.67. The summed E-state index contributed by atoms with van der Waals surface area (Å²) in [5, 5.41) is 0. The molecule has 0 spiro atoms. The van der Waals surface area contributed by atoms with Crippen molar-refractivity contribution in [1.82, 2.24) is 0 Å². The first kappa shape index (κ1) is 34.6. The van der Waals surface area contributed by atoms with Gasteiger partial charge in [0.05, 0.1) is 56.9 Å². The van der Waals surface area contributed by atoms with Gasteiger partial charge in [0.15, 0.2) is 0 Å². The van der Waals surface area contributed by atoms with E-state index in [1.54, 1.807) is 56.9 Å². The maximum absolute atomic E-state index is 5.99. The van der Waals surface area contributed by atoms with Gasteiger partial charge in [-0.3, -0.25) is 0 Å². The first-order valence-electron chi connectivity index (χ1n) is 16.1. The SMILES string of the molecule is COc1cc(OC)c2cc1[C@H](C)c1cc(c(OC)cc1OC)[C@H](C)c1cc(c(OC)cc1OC)[C@H](C)c1cc(c(OC)cc1OC)[C@@H]2C. The normalized spacial score (nSPS) is 18.4. The van der Waals surface area contributed by atoms with Crippen LogP contribution in [-0.2, 0) is 0 Å². The Kier molecular flexibility index (Phi) is 10.2. The summed E-state index contributed by atoms with van der Waals surface area (Å²) in [6.07, 6.45) is 0. The topological polar surface area (TPSA) is 73.8 Å². The van der Waals surface area contributed by atoms with Crippen molar-refractivity contribution in [3.05, 3.63) is 93.0 Å². The van der Waals surface area contributed by atoms with E-state index in [0.29, 0.717) is 0 Å². The number of hydrogen-bond acceptors (Lipinski definition) is 8. The van der Waals surface area contributed by atoms with Gasteiger partial charge in [-0.15, -0.1) is 0 Å². The van der Waals surface area contributed by atoms with Crippen molar-refractivity contribution in [3.8, 4) is 46.0 Å².